The van der Waals surface area contributed by atoms with Crippen molar-refractivity contribution in [3.05, 3.63) is 70.2 Å². The van der Waals surface area contributed by atoms with Crippen molar-refractivity contribution in [2.24, 2.45) is 4.99 Å². The lowest BCUT2D eigenvalue weighted by Gasteiger charge is -2.14. The van der Waals surface area contributed by atoms with E-state index in [0.717, 1.165) is 10.5 Å². The quantitative estimate of drug-likeness (QED) is 0.298. The minimum absolute atomic E-state index is 0.192. The third kappa shape index (κ3) is 5.78. The number of benzene rings is 2. The zero-order chi connectivity index (χ0) is 22.2. The van der Waals surface area contributed by atoms with Gasteiger partial charge < -0.3 is 10.6 Å². The fourth-order valence-electron chi connectivity index (χ4n) is 2.71. The summed E-state index contributed by atoms with van der Waals surface area (Å²) in [5.41, 5.74) is 4.51. The molecular weight excluding hydrogens is 430 g/mol. The van der Waals surface area contributed by atoms with Crippen molar-refractivity contribution in [2.45, 2.75) is 17.7 Å². The Morgan fingerprint density at radius 2 is 2.16 bits per heavy atom. The summed E-state index contributed by atoms with van der Waals surface area (Å²) in [5.74, 6) is -0.561. The molecule has 2 amide bonds. The van der Waals surface area contributed by atoms with Crippen molar-refractivity contribution in [1.82, 2.24) is 10.3 Å². The van der Waals surface area contributed by atoms with Crippen molar-refractivity contribution in [2.75, 3.05) is 11.2 Å². The van der Waals surface area contributed by atoms with Crippen molar-refractivity contribution in [3.63, 3.8) is 0 Å². The van der Waals surface area contributed by atoms with Crippen LogP contribution < -0.4 is 10.6 Å². The van der Waals surface area contributed by atoms with E-state index in [0.29, 0.717) is 28.5 Å². The monoisotopic (exact) mass is 449 g/mol. The first kappa shape index (κ1) is 22.2. The van der Waals surface area contributed by atoms with Crippen molar-refractivity contribution < 1.29 is 9.59 Å². The number of hydrogen-bond acceptors (Lipinski definition) is 7. The number of carbonyl (C=O) groups is 2. The number of aromatic nitrogens is 1. The van der Waals surface area contributed by atoms with Gasteiger partial charge in [0, 0.05) is 16.0 Å². The predicted molar refractivity (Wildman–Crippen MR) is 124 cm³/mol. The van der Waals surface area contributed by atoms with Crippen LogP contribution in [0.5, 0.6) is 0 Å². The number of nitrogens with zero attached hydrogens (tertiary/aromatic N) is 3. The van der Waals surface area contributed by atoms with Gasteiger partial charge in [-0.15, -0.1) is 23.1 Å². The summed E-state index contributed by atoms with van der Waals surface area (Å²) in [4.78, 5) is 33.5. The molecule has 0 saturated carbocycles. The lowest BCUT2D eigenvalue weighted by molar-refractivity contribution is -0.117. The molecule has 0 aliphatic rings. The SMILES string of the molecule is C=Nc1ccc(NC(=O)C(C)c2cccc(C#N)c2)cc1SCNC(=O)c1cscn1. The second-order valence-corrected chi connectivity index (χ2v) is 8.19. The Labute approximate surface area is 188 Å². The molecule has 0 bridgehead atoms. The van der Waals surface area contributed by atoms with Gasteiger partial charge in [0.25, 0.3) is 5.91 Å². The molecule has 0 fully saturated rings. The van der Waals surface area contributed by atoms with Gasteiger partial charge in [-0.1, -0.05) is 12.1 Å². The molecule has 0 aliphatic carbocycles. The molecule has 1 unspecified atom stereocenters. The van der Waals surface area contributed by atoms with Gasteiger partial charge in [0.15, 0.2) is 0 Å². The number of hydrogen-bond donors (Lipinski definition) is 2. The number of rotatable bonds is 8. The number of nitrogens with one attached hydrogen (secondary N) is 2. The van der Waals surface area contributed by atoms with E-state index < -0.39 is 5.92 Å². The first-order valence-electron chi connectivity index (χ1n) is 9.22. The van der Waals surface area contributed by atoms with Crippen LogP contribution in [0.15, 0.2) is 63.2 Å². The fraction of sp³-hybridized carbons (Fsp3) is 0.136. The van der Waals surface area contributed by atoms with E-state index in [1.807, 2.05) is 6.07 Å². The fourth-order valence-corrected chi connectivity index (χ4v) is 4.09. The second kappa shape index (κ2) is 10.5. The summed E-state index contributed by atoms with van der Waals surface area (Å²) in [5, 5.41) is 16.4. The molecule has 1 aromatic heterocycles. The Kier molecular flexibility index (Phi) is 7.54. The van der Waals surface area contributed by atoms with E-state index in [4.69, 9.17) is 5.26 Å². The van der Waals surface area contributed by atoms with Crippen LogP contribution in [-0.2, 0) is 4.79 Å². The van der Waals surface area contributed by atoms with Crippen LogP contribution in [0.2, 0.25) is 0 Å². The van der Waals surface area contributed by atoms with E-state index in [1.54, 1.807) is 54.2 Å². The lowest BCUT2D eigenvalue weighted by atomic mass is 9.98. The number of nitriles is 1. The molecule has 1 atom stereocenters. The molecular formula is C22H19N5O2S2. The van der Waals surface area contributed by atoms with Crippen molar-refractivity contribution >= 4 is 53.0 Å². The minimum atomic E-state index is -0.431. The van der Waals surface area contributed by atoms with Crippen LogP contribution in [0.4, 0.5) is 11.4 Å². The van der Waals surface area contributed by atoms with E-state index in [2.05, 4.69) is 33.4 Å². The molecule has 1 heterocycles. The molecule has 3 rings (SSSR count). The highest BCUT2D eigenvalue weighted by Crippen LogP contribution is 2.32. The van der Waals surface area contributed by atoms with Gasteiger partial charge in [0.05, 0.1) is 34.6 Å². The Morgan fingerprint density at radius 3 is 2.87 bits per heavy atom. The average molecular weight is 450 g/mol. The largest absolute Gasteiger partial charge is 0.341 e. The normalized spacial score (nSPS) is 11.2. The number of anilines is 1. The Hall–Kier alpha value is -3.48. The van der Waals surface area contributed by atoms with Crippen molar-refractivity contribution in [1.29, 1.82) is 5.26 Å². The second-order valence-electron chi connectivity index (χ2n) is 6.46. The topological polar surface area (TPSA) is 107 Å². The van der Waals surface area contributed by atoms with Gasteiger partial charge >= 0.3 is 0 Å². The maximum Gasteiger partial charge on any atom is 0.271 e. The van der Waals surface area contributed by atoms with Crippen LogP contribution in [0.1, 0.15) is 34.5 Å². The van der Waals surface area contributed by atoms with Crippen molar-refractivity contribution in [3.8, 4) is 6.07 Å². The van der Waals surface area contributed by atoms with Gasteiger partial charge in [0.2, 0.25) is 5.91 Å². The third-order valence-electron chi connectivity index (χ3n) is 4.43. The first-order chi connectivity index (χ1) is 15.0. The minimum Gasteiger partial charge on any atom is -0.341 e. The summed E-state index contributed by atoms with van der Waals surface area (Å²) in [7, 11) is 0. The summed E-state index contributed by atoms with van der Waals surface area (Å²) in [6.45, 7) is 5.36. The van der Waals surface area contributed by atoms with Crippen LogP contribution in [0.25, 0.3) is 0 Å². The maximum absolute atomic E-state index is 12.7. The number of aliphatic imine (C=N–C) groups is 1. The van der Waals surface area contributed by atoms with E-state index in [-0.39, 0.29) is 11.8 Å². The number of thioether (sulfide) groups is 1. The highest BCUT2D eigenvalue weighted by Gasteiger charge is 2.17. The molecule has 2 N–H and O–H groups in total. The van der Waals surface area contributed by atoms with Gasteiger partial charge in [-0.25, -0.2) is 4.98 Å². The van der Waals surface area contributed by atoms with Crippen LogP contribution in [-0.4, -0.2) is 29.4 Å². The van der Waals surface area contributed by atoms with Gasteiger partial charge in [-0.3, -0.25) is 14.6 Å². The molecule has 0 radical (unpaired) electrons. The average Bonchev–Trinajstić information content (AvgIpc) is 3.34. The van der Waals surface area contributed by atoms with E-state index in [1.165, 1.54) is 23.1 Å². The number of thiazole rings is 1. The molecule has 3 aromatic rings. The Balaban J connectivity index is 1.66. The standard InChI is InChI=1S/C22H19N5O2S2/c1-14(16-5-3-4-15(8-16)10-23)21(28)27-17-6-7-18(24-2)20(9-17)31-13-26-22(29)19-11-30-12-25-19/h3-9,11-12,14H,2,13H2,1H3,(H,26,29)(H,27,28). The van der Waals surface area contributed by atoms with Gasteiger partial charge in [-0.05, 0) is 49.5 Å². The summed E-state index contributed by atoms with van der Waals surface area (Å²) < 4.78 is 0. The van der Waals surface area contributed by atoms with Crippen LogP contribution in [0.3, 0.4) is 0 Å². The Morgan fingerprint density at radius 1 is 1.32 bits per heavy atom. The first-order valence-corrected chi connectivity index (χ1v) is 11.2. The molecule has 31 heavy (non-hydrogen) atoms. The van der Waals surface area contributed by atoms with Crippen LogP contribution in [0, 0.1) is 11.3 Å². The predicted octanol–water partition coefficient (Wildman–Crippen LogP) is 4.57. The molecule has 0 spiro atoms. The van der Waals surface area contributed by atoms with E-state index in [9.17, 15) is 9.59 Å². The lowest BCUT2D eigenvalue weighted by Crippen LogP contribution is -2.23. The smallest absolute Gasteiger partial charge is 0.271 e. The molecule has 7 nitrogen and oxygen atoms in total. The molecule has 2 aromatic carbocycles. The third-order valence-corrected chi connectivity index (χ3v) is 5.95. The number of amides is 2. The summed E-state index contributed by atoms with van der Waals surface area (Å²) in [6.07, 6.45) is 0. The summed E-state index contributed by atoms with van der Waals surface area (Å²) >= 11 is 2.73. The molecule has 156 valence electrons. The maximum atomic E-state index is 12.7. The zero-order valence-corrected chi connectivity index (χ0v) is 18.3. The van der Waals surface area contributed by atoms with E-state index >= 15 is 0 Å². The zero-order valence-electron chi connectivity index (χ0n) is 16.7. The van der Waals surface area contributed by atoms with Gasteiger partial charge in [0.1, 0.15) is 5.69 Å². The van der Waals surface area contributed by atoms with Gasteiger partial charge in [-0.2, -0.15) is 5.26 Å². The highest BCUT2D eigenvalue weighted by atomic mass is 32.2. The summed E-state index contributed by atoms with van der Waals surface area (Å²) in [6, 6.07) is 14.4. The number of carbonyl (C=O) groups excluding carboxylic acids is 2. The highest BCUT2D eigenvalue weighted by molar-refractivity contribution is 7.99. The molecule has 9 heteroatoms. The van der Waals surface area contributed by atoms with Crippen LogP contribution >= 0.6 is 23.1 Å². The molecule has 0 aliphatic heterocycles. The Bertz CT molecular complexity index is 1140. The molecule has 0 saturated heterocycles.